The second-order valence-corrected chi connectivity index (χ2v) is 18.7. The first-order chi connectivity index (χ1) is 34.2. The number of pyridine rings is 1. The number of unbranched alkanes of at least 4 members (excludes halogenated alkanes) is 2. The number of nitrogens with one attached hydrogen (secondary N) is 5. The molecule has 4 aromatic heterocycles. The number of imidazole rings is 1. The number of imide groups is 2. The van der Waals surface area contributed by atoms with E-state index in [4.69, 9.17) is 9.72 Å². The average Bonchev–Trinajstić information content (AvgIpc) is 4.18. The van der Waals surface area contributed by atoms with Crippen molar-refractivity contribution in [3.63, 3.8) is 0 Å². The molecule has 20 heteroatoms. The summed E-state index contributed by atoms with van der Waals surface area (Å²) in [6, 6.07) is 14.0. The van der Waals surface area contributed by atoms with Gasteiger partial charge in [-0.15, -0.1) is 0 Å². The van der Waals surface area contributed by atoms with Gasteiger partial charge in [0, 0.05) is 66.9 Å². The van der Waals surface area contributed by atoms with E-state index < -0.39 is 47.5 Å². The molecule has 3 aromatic carbocycles. The first-order valence-corrected chi connectivity index (χ1v) is 23.8. The van der Waals surface area contributed by atoms with Crippen LogP contribution in [0.4, 0.5) is 14.9 Å². The summed E-state index contributed by atoms with van der Waals surface area (Å²) in [5.74, 6) is -3.54. The van der Waals surface area contributed by atoms with Crippen LogP contribution >= 0.6 is 0 Å². The summed E-state index contributed by atoms with van der Waals surface area (Å²) in [6.07, 6.45) is 6.89. The lowest BCUT2D eigenvalue weighted by atomic mass is 9.96. The number of fused-ring (bicyclic) bond motifs is 5. The van der Waals surface area contributed by atoms with Crippen LogP contribution in [0.3, 0.4) is 0 Å². The van der Waals surface area contributed by atoms with Gasteiger partial charge in [0.15, 0.2) is 0 Å². The molecule has 6 heterocycles. The van der Waals surface area contributed by atoms with Crippen molar-refractivity contribution in [2.75, 3.05) is 25.5 Å². The van der Waals surface area contributed by atoms with E-state index in [1.807, 2.05) is 29.1 Å². The van der Waals surface area contributed by atoms with Gasteiger partial charge in [-0.05, 0) is 107 Å². The molecule has 366 valence electrons. The molecule has 3 atom stereocenters. The van der Waals surface area contributed by atoms with Gasteiger partial charge < -0.3 is 25.7 Å². The number of benzene rings is 3. The number of nitrogens with zero attached hydrogens (tertiary/aromatic N) is 6. The maximum Gasteiger partial charge on any atom is 0.407 e. The van der Waals surface area contributed by atoms with Crippen molar-refractivity contribution < 1.29 is 37.9 Å². The van der Waals surface area contributed by atoms with Crippen molar-refractivity contribution in [3.8, 4) is 22.4 Å². The van der Waals surface area contributed by atoms with E-state index in [2.05, 4.69) is 45.2 Å². The van der Waals surface area contributed by atoms with Crippen molar-refractivity contribution in [3.05, 3.63) is 100.0 Å². The van der Waals surface area contributed by atoms with Crippen LogP contribution in [-0.4, -0.2) is 102 Å². The predicted molar refractivity (Wildman–Crippen MR) is 261 cm³/mol. The highest BCUT2D eigenvalue weighted by Crippen LogP contribution is 2.44. The minimum absolute atomic E-state index is 0.0393. The number of hydrogen-bond donors (Lipinski definition) is 5. The number of aromatic amines is 1. The molecular formula is C51H52FN11O8. The fourth-order valence-corrected chi connectivity index (χ4v) is 10.4. The minimum atomic E-state index is -1.04. The van der Waals surface area contributed by atoms with Gasteiger partial charge in [0.2, 0.25) is 11.8 Å². The average molecular weight is 966 g/mol. The van der Waals surface area contributed by atoms with Crippen LogP contribution in [0.1, 0.15) is 108 Å². The van der Waals surface area contributed by atoms with Crippen LogP contribution in [0.2, 0.25) is 0 Å². The standard InChI is InChI=1S/C51H52FN11O8/c1-26(2)63-37-15-9-27(20-29(37)24-56-63)41-42-44-39(60(3)51(70)61(44)32-12-10-31(22-32)57-50(69)71-4)25-55-45(42)59-43(41)28-8-13-34(36(52)21-28)46(65)54-19-7-5-6-18-53-30-11-14-33-35(23-30)49(68)62(48(33)67)38-16-17-40(64)58-47(38)66/h8-9,11,13-15,20-21,23-26,31-32,38,53H,5-7,10,12,16-19,22H2,1-4H3,(H,54,65)(H,55,59)(H,57,69)(H,58,64,66)/t31-,32-,38?/m1/s1. The van der Waals surface area contributed by atoms with E-state index >= 15 is 4.39 Å². The molecule has 7 aromatic rings. The van der Waals surface area contributed by atoms with E-state index in [1.54, 1.807) is 46.6 Å². The number of ether oxygens (including phenoxy) is 1. The molecule has 10 rings (SSSR count). The van der Waals surface area contributed by atoms with E-state index in [0.717, 1.165) is 27.8 Å². The molecule has 5 N–H and O–H groups in total. The third-order valence-electron chi connectivity index (χ3n) is 13.9. The highest BCUT2D eigenvalue weighted by atomic mass is 19.1. The van der Waals surface area contributed by atoms with Crippen LogP contribution in [0.5, 0.6) is 0 Å². The van der Waals surface area contributed by atoms with Gasteiger partial charge in [0.05, 0.1) is 63.8 Å². The number of hydrogen-bond acceptors (Lipinski definition) is 11. The smallest absolute Gasteiger partial charge is 0.407 e. The number of carbonyl (C=O) groups is 6. The first-order valence-electron chi connectivity index (χ1n) is 23.8. The molecule has 2 aliphatic heterocycles. The van der Waals surface area contributed by atoms with E-state index in [9.17, 15) is 33.6 Å². The monoisotopic (exact) mass is 965 g/mol. The lowest BCUT2D eigenvalue weighted by molar-refractivity contribution is -0.136. The third-order valence-corrected chi connectivity index (χ3v) is 13.9. The number of carbonyl (C=O) groups excluding carboxylic acids is 6. The molecule has 1 aliphatic carbocycles. The van der Waals surface area contributed by atoms with Crippen molar-refractivity contribution >= 4 is 74.3 Å². The normalized spacial score (nSPS) is 18.0. The summed E-state index contributed by atoms with van der Waals surface area (Å²) in [6.45, 7) is 4.95. The number of piperidine rings is 1. The Hall–Kier alpha value is -8.16. The van der Waals surface area contributed by atoms with Gasteiger partial charge in [0.1, 0.15) is 17.5 Å². The number of rotatable bonds is 14. The van der Waals surface area contributed by atoms with Gasteiger partial charge in [0.25, 0.3) is 17.7 Å². The molecular weight excluding hydrogens is 914 g/mol. The Morgan fingerprint density at radius 1 is 0.887 bits per heavy atom. The number of halogens is 1. The van der Waals surface area contributed by atoms with Gasteiger partial charge in [-0.1, -0.05) is 12.1 Å². The van der Waals surface area contributed by atoms with Gasteiger partial charge >= 0.3 is 11.8 Å². The Bertz CT molecular complexity index is 3420. The molecule has 19 nitrogen and oxygen atoms in total. The lowest BCUT2D eigenvalue weighted by Crippen LogP contribution is -2.54. The first kappa shape index (κ1) is 46.6. The van der Waals surface area contributed by atoms with E-state index in [1.165, 1.54) is 19.2 Å². The molecule has 6 amide bonds. The Labute approximate surface area is 405 Å². The molecule has 3 aliphatic rings. The Morgan fingerprint density at radius 2 is 1.68 bits per heavy atom. The number of aryl methyl sites for hydroxylation is 1. The van der Waals surface area contributed by atoms with Crippen LogP contribution in [0.25, 0.3) is 55.4 Å². The van der Waals surface area contributed by atoms with Crippen molar-refractivity contribution in [2.45, 2.75) is 89.4 Å². The SMILES string of the molecule is COC(=O)N[C@@H]1CC[C@@H](n2c(=O)n(C)c3cnc4[nH]c(-c5ccc(C(=O)NCCCCCNc6ccc7c(c6)C(=O)N(C6CCC(=O)NC6=O)C7=O)c(F)c5)c(-c5ccc6c(cnn6C(C)C)c5)c4c32)C1. The summed E-state index contributed by atoms with van der Waals surface area (Å²) in [5, 5.41) is 17.4. The summed E-state index contributed by atoms with van der Waals surface area (Å²) in [7, 11) is 3.02. The number of alkyl carbamates (subject to hydrolysis) is 1. The summed E-state index contributed by atoms with van der Waals surface area (Å²) in [5.41, 5.74) is 5.84. The molecule has 1 saturated heterocycles. The van der Waals surface area contributed by atoms with E-state index in [0.29, 0.717) is 89.8 Å². The number of H-pyrrole nitrogens is 1. The summed E-state index contributed by atoms with van der Waals surface area (Å²) in [4.78, 5) is 99.1. The maximum atomic E-state index is 16.2. The van der Waals surface area contributed by atoms with Gasteiger partial charge in [-0.25, -0.2) is 19.0 Å². The molecule has 71 heavy (non-hydrogen) atoms. The lowest BCUT2D eigenvalue weighted by Gasteiger charge is -2.27. The summed E-state index contributed by atoms with van der Waals surface area (Å²) >= 11 is 0. The molecule has 1 unspecified atom stereocenters. The van der Waals surface area contributed by atoms with Gasteiger partial charge in [-0.2, -0.15) is 5.10 Å². The second kappa shape index (κ2) is 18.6. The highest BCUT2D eigenvalue weighted by Gasteiger charge is 2.44. The van der Waals surface area contributed by atoms with Crippen molar-refractivity contribution in [1.82, 2.24) is 49.7 Å². The maximum absolute atomic E-state index is 16.2. The quantitative estimate of drug-likeness (QED) is 0.0584. The Balaban J connectivity index is 0.849. The second-order valence-electron chi connectivity index (χ2n) is 18.7. The number of methoxy groups -OCH3 is 1. The Kier molecular flexibility index (Phi) is 12.2. The zero-order chi connectivity index (χ0) is 49.8. The zero-order valence-electron chi connectivity index (χ0n) is 39.6. The molecule has 2 fully saturated rings. The number of aromatic nitrogens is 6. The molecule has 0 radical (unpaired) electrons. The highest BCUT2D eigenvalue weighted by molar-refractivity contribution is 6.24. The third kappa shape index (κ3) is 8.35. The van der Waals surface area contributed by atoms with Crippen LogP contribution < -0.4 is 27.0 Å². The molecule has 0 bridgehead atoms. The summed E-state index contributed by atoms with van der Waals surface area (Å²) < 4.78 is 26.4. The van der Waals surface area contributed by atoms with Crippen molar-refractivity contribution in [2.24, 2.45) is 7.05 Å². The topological polar surface area (TPSA) is 236 Å². The minimum Gasteiger partial charge on any atom is -0.453 e. The van der Waals surface area contributed by atoms with Gasteiger partial charge in [-0.3, -0.25) is 48.0 Å². The fraction of sp³-hybridized carbons (Fsp3) is 0.353. The van der Waals surface area contributed by atoms with Crippen LogP contribution in [0, 0.1) is 5.82 Å². The van der Waals surface area contributed by atoms with E-state index in [-0.39, 0.29) is 53.3 Å². The number of anilines is 1. The van der Waals surface area contributed by atoms with Crippen LogP contribution in [-0.2, 0) is 21.4 Å². The van der Waals surface area contributed by atoms with Crippen molar-refractivity contribution in [1.29, 1.82) is 0 Å². The van der Waals surface area contributed by atoms with Crippen LogP contribution in [0.15, 0.2) is 71.8 Å². The predicted octanol–water partition coefficient (Wildman–Crippen LogP) is 6.48. The fourth-order valence-electron chi connectivity index (χ4n) is 10.4. The molecule has 0 spiro atoms. The Morgan fingerprint density at radius 3 is 2.45 bits per heavy atom. The zero-order valence-corrected chi connectivity index (χ0v) is 39.6. The molecule has 1 saturated carbocycles. The largest absolute Gasteiger partial charge is 0.453 e. The number of amides is 6.